The molecule has 154 valence electrons. The van der Waals surface area contributed by atoms with Gasteiger partial charge < -0.3 is 10.1 Å². The Morgan fingerprint density at radius 1 is 1.15 bits per heavy atom. The van der Waals surface area contributed by atoms with Crippen LogP contribution in [0.15, 0.2) is 29.2 Å². The van der Waals surface area contributed by atoms with Crippen molar-refractivity contribution >= 4 is 28.3 Å². The van der Waals surface area contributed by atoms with Crippen molar-refractivity contribution in [3.8, 4) is 5.75 Å². The molecule has 0 radical (unpaired) electrons. The minimum Gasteiger partial charge on any atom is -0.497 e. The Morgan fingerprint density at radius 3 is 2.26 bits per heavy atom. The zero-order valence-corrected chi connectivity index (χ0v) is 17.8. The van der Waals surface area contributed by atoms with Crippen LogP contribution in [0.4, 0.5) is 0 Å². The summed E-state index contributed by atoms with van der Waals surface area (Å²) in [6, 6.07) is 6.46. The molecule has 0 bridgehead atoms. The van der Waals surface area contributed by atoms with Crippen LogP contribution in [0.5, 0.6) is 5.75 Å². The molecule has 7 nitrogen and oxygen atoms in total. The fourth-order valence-electron chi connectivity index (χ4n) is 2.89. The molecule has 0 unspecified atom stereocenters. The molecule has 0 spiro atoms. The van der Waals surface area contributed by atoms with E-state index >= 15 is 0 Å². The third-order valence-electron chi connectivity index (χ3n) is 4.37. The van der Waals surface area contributed by atoms with Crippen LogP contribution in [0.1, 0.15) is 20.3 Å². The molecule has 1 amide bonds. The molecule has 0 aliphatic carbocycles. The lowest BCUT2D eigenvalue weighted by Gasteiger charge is -2.34. The molecular formula is C18H30ClN3O4S. The highest BCUT2D eigenvalue weighted by atomic mass is 35.5. The van der Waals surface area contributed by atoms with Gasteiger partial charge in [-0.25, -0.2) is 8.42 Å². The lowest BCUT2D eigenvalue weighted by molar-refractivity contribution is -0.121. The molecule has 1 heterocycles. The molecule has 1 aliphatic rings. The van der Waals surface area contributed by atoms with Crippen molar-refractivity contribution in [2.75, 3.05) is 46.4 Å². The number of rotatable bonds is 8. The van der Waals surface area contributed by atoms with Crippen molar-refractivity contribution in [2.24, 2.45) is 5.92 Å². The van der Waals surface area contributed by atoms with Crippen LogP contribution in [0, 0.1) is 5.92 Å². The minimum atomic E-state index is -3.48. The van der Waals surface area contributed by atoms with Crippen LogP contribution in [0.3, 0.4) is 0 Å². The van der Waals surface area contributed by atoms with Gasteiger partial charge in [-0.3, -0.25) is 9.69 Å². The first-order valence-corrected chi connectivity index (χ1v) is 10.4. The number of methoxy groups -OCH3 is 1. The van der Waals surface area contributed by atoms with Crippen LogP contribution in [-0.2, 0) is 14.8 Å². The fourth-order valence-corrected chi connectivity index (χ4v) is 4.31. The second-order valence-corrected chi connectivity index (χ2v) is 8.81. The molecule has 9 heteroatoms. The molecule has 0 atom stereocenters. The van der Waals surface area contributed by atoms with E-state index in [9.17, 15) is 13.2 Å². The first kappa shape index (κ1) is 23.7. The maximum absolute atomic E-state index is 12.7. The fraction of sp³-hybridized carbons (Fsp3) is 0.611. The molecule has 0 aromatic heterocycles. The number of ether oxygens (including phenoxy) is 1. The highest BCUT2D eigenvalue weighted by molar-refractivity contribution is 7.89. The van der Waals surface area contributed by atoms with Gasteiger partial charge in [0.2, 0.25) is 15.9 Å². The van der Waals surface area contributed by atoms with E-state index in [1.165, 1.54) is 4.31 Å². The van der Waals surface area contributed by atoms with Gasteiger partial charge in [0.05, 0.1) is 12.0 Å². The molecule has 0 saturated carbocycles. The van der Waals surface area contributed by atoms with Gasteiger partial charge in [0.15, 0.2) is 0 Å². The maximum Gasteiger partial charge on any atom is 0.243 e. The van der Waals surface area contributed by atoms with E-state index in [0.29, 0.717) is 50.8 Å². The summed E-state index contributed by atoms with van der Waals surface area (Å²) in [6.45, 7) is 7.59. The average Bonchev–Trinajstić information content (AvgIpc) is 2.61. The molecule has 1 aliphatic heterocycles. The number of hydrogen-bond donors (Lipinski definition) is 1. The van der Waals surface area contributed by atoms with E-state index in [1.54, 1.807) is 31.4 Å². The van der Waals surface area contributed by atoms with Crippen molar-refractivity contribution in [2.45, 2.75) is 25.2 Å². The van der Waals surface area contributed by atoms with Gasteiger partial charge in [-0.15, -0.1) is 12.4 Å². The quantitative estimate of drug-likeness (QED) is 0.692. The van der Waals surface area contributed by atoms with Gasteiger partial charge in [0.25, 0.3) is 0 Å². The number of carbonyl (C=O) groups is 1. The second-order valence-electron chi connectivity index (χ2n) is 6.87. The topological polar surface area (TPSA) is 79.0 Å². The lowest BCUT2D eigenvalue weighted by atomic mass is 10.1. The van der Waals surface area contributed by atoms with Gasteiger partial charge >= 0.3 is 0 Å². The minimum absolute atomic E-state index is 0. The number of halogens is 1. The molecule has 2 rings (SSSR count). The highest BCUT2D eigenvalue weighted by Gasteiger charge is 2.28. The molecule has 1 N–H and O–H groups in total. The van der Waals surface area contributed by atoms with Crippen LogP contribution in [-0.4, -0.2) is 69.9 Å². The van der Waals surface area contributed by atoms with Crippen molar-refractivity contribution in [3.05, 3.63) is 24.3 Å². The average molecular weight is 420 g/mol. The summed E-state index contributed by atoms with van der Waals surface area (Å²) >= 11 is 0. The number of nitrogens with zero attached hydrogens (tertiary/aromatic N) is 2. The summed E-state index contributed by atoms with van der Waals surface area (Å²) < 4.78 is 32.0. The monoisotopic (exact) mass is 419 g/mol. The molecule has 1 fully saturated rings. The summed E-state index contributed by atoms with van der Waals surface area (Å²) in [5, 5.41) is 2.92. The normalized spacial score (nSPS) is 16.0. The van der Waals surface area contributed by atoms with Crippen LogP contribution >= 0.6 is 12.4 Å². The third-order valence-corrected chi connectivity index (χ3v) is 6.29. The number of hydrogen-bond acceptors (Lipinski definition) is 5. The van der Waals surface area contributed by atoms with E-state index in [0.717, 1.165) is 6.54 Å². The van der Waals surface area contributed by atoms with Crippen LogP contribution < -0.4 is 10.1 Å². The number of piperazine rings is 1. The van der Waals surface area contributed by atoms with Gasteiger partial charge in [-0.2, -0.15) is 4.31 Å². The van der Waals surface area contributed by atoms with E-state index < -0.39 is 10.0 Å². The van der Waals surface area contributed by atoms with E-state index in [-0.39, 0.29) is 23.2 Å². The zero-order chi connectivity index (χ0) is 19.2. The maximum atomic E-state index is 12.7. The van der Waals surface area contributed by atoms with Crippen molar-refractivity contribution in [1.29, 1.82) is 0 Å². The first-order chi connectivity index (χ1) is 12.3. The van der Waals surface area contributed by atoms with Crippen molar-refractivity contribution in [1.82, 2.24) is 14.5 Å². The van der Waals surface area contributed by atoms with Crippen molar-refractivity contribution < 1.29 is 17.9 Å². The summed E-state index contributed by atoms with van der Waals surface area (Å²) in [4.78, 5) is 14.1. The summed E-state index contributed by atoms with van der Waals surface area (Å²) in [6.07, 6.45) is 0.536. The summed E-state index contributed by atoms with van der Waals surface area (Å²) in [5.41, 5.74) is 0. The van der Waals surface area contributed by atoms with Gasteiger partial charge in [0.1, 0.15) is 5.75 Å². The van der Waals surface area contributed by atoms with Crippen molar-refractivity contribution in [3.63, 3.8) is 0 Å². The van der Waals surface area contributed by atoms with Gasteiger partial charge in [0, 0.05) is 45.7 Å². The number of amides is 1. The largest absolute Gasteiger partial charge is 0.497 e. The first-order valence-electron chi connectivity index (χ1n) is 8.96. The number of benzene rings is 1. The number of nitrogens with one attached hydrogen (secondary N) is 1. The summed E-state index contributed by atoms with van der Waals surface area (Å²) in [7, 11) is -1.93. The van der Waals surface area contributed by atoms with Crippen LogP contribution in [0.2, 0.25) is 0 Å². The Bertz CT molecular complexity index is 687. The SMILES string of the molecule is COc1ccc(S(=O)(=O)N2CCN(CCNC(=O)CC(C)C)CC2)cc1.Cl. The second kappa shape index (κ2) is 10.8. The Balaban J connectivity index is 0.00000364. The Labute approximate surface area is 168 Å². The van der Waals surface area contributed by atoms with E-state index in [2.05, 4.69) is 10.2 Å². The van der Waals surface area contributed by atoms with Crippen LogP contribution in [0.25, 0.3) is 0 Å². The molecule has 27 heavy (non-hydrogen) atoms. The van der Waals surface area contributed by atoms with Gasteiger partial charge in [-0.05, 0) is 30.2 Å². The summed E-state index contributed by atoms with van der Waals surface area (Å²) in [5.74, 6) is 1.05. The smallest absolute Gasteiger partial charge is 0.243 e. The Kier molecular flexibility index (Phi) is 9.52. The van der Waals surface area contributed by atoms with Gasteiger partial charge in [-0.1, -0.05) is 13.8 Å². The van der Waals surface area contributed by atoms with E-state index in [1.807, 2.05) is 13.8 Å². The number of carbonyl (C=O) groups excluding carboxylic acids is 1. The molecule has 1 aromatic carbocycles. The standard InChI is InChI=1S/C18H29N3O4S.ClH/c1-15(2)14-18(22)19-8-9-20-10-12-21(13-11-20)26(23,24)17-6-4-16(25-3)5-7-17;/h4-7,15H,8-14H2,1-3H3,(H,19,22);1H. The molecule has 1 saturated heterocycles. The number of sulfonamides is 1. The predicted molar refractivity (Wildman–Crippen MR) is 108 cm³/mol. The third kappa shape index (κ3) is 6.95. The predicted octanol–water partition coefficient (Wildman–Crippen LogP) is 1.59. The molecule has 1 aromatic rings. The lowest BCUT2D eigenvalue weighted by Crippen LogP contribution is -2.50. The Morgan fingerprint density at radius 2 is 1.74 bits per heavy atom. The molecular weight excluding hydrogens is 390 g/mol. The highest BCUT2D eigenvalue weighted by Crippen LogP contribution is 2.20. The Hall–Kier alpha value is -1.35. The van der Waals surface area contributed by atoms with E-state index in [4.69, 9.17) is 4.74 Å². The zero-order valence-electron chi connectivity index (χ0n) is 16.2.